The molecule has 4 rings (SSSR count). The first-order chi connectivity index (χ1) is 12.2. The maximum Gasteiger partial charge on any atom is 0.437 e. The fourth-order valence-electron chi connectivity index (χ4n) is 3.52. The van der Waals surface area contributed by atoms with Crippen LogP contribution in [0.4, 0.5) is 0 Å². The van der Waals surface area contributed by atoms with Crippen LogP contribution in [-0.2, 0) is 9.53 Å². The van der Waals surface area contributed by atoms with E-state index in [4.69, 9.17) is 9.15 Å². The molecule has 2 fully saturated rings. The lowest BCUT2D eigenvalue weighted by molar-refractivity contribution is -0.142. The van der Waals surface area contributed by atoms with Crippen molar-refractivity contribution in [2.24, 2.45) is 0 Å². The maximum absolute atomic E-state index is 12.4. The van der Waals surface area contributed by atoms with Crippen LogP contribution in [0.25, 0.3) is 11.5 Å². The molecule has 1 amide bonds. The predicted octanol–water partition coefficient (Wildman–Crippen LogP) is 1.85. The van der Waals surface area contributed by atoms with E-state index in [1.54, 1.807) is 0 Å². The molecule has 0 radical (unpaired) electrons. The second-order valence-corrected chi connectivity index (χ2v) is 6.54. The van der Waals surface area contributed by atoms with Crippen LogP contribution in [-0.4, -0.2) is 46.4 Å². The minimum Gasteiger partial charge on any atom is -0.388 e. The van der Waals surface area contributed by atoms with Crippen LogP contribution in [0.3, 0.4) is 0 Å². The Kier molecular flexibility index (Phi) is 4.40. The lowest BCUT2D eigenvalue weighted by atomic mass is 10.0. The number of rotatable bonds is 3. The van der Waals surface area contributed by atoms with E-state index < -0.39 is 5.76 Å². The summed E-state index contributed by atoms with van der Waals surface area (Å²) in [6, 6.07) is 9.34. The van der Waals surface area contributed by atoms with Gasteiger partial charge in [-0.2, -0.15) is 4.68 Å². The highest BCUT2D eigenvalue weighted by Crippen LogP contribution is 2.24. The normalized spacial score (nSPS) is 21.6. The van der Waals surface area contributed by atoms with E-state index in [1.807, 2.05) is 35.2 Å². The zero-order chi connectivity index (χ0) is 17.2. The first kappa shape index (κ1) is 16.1. The molecule has 25 heavy (non-hydrogen) atoms. The molecule has 0 saturated carbocycles. The SMILES string of the molecule is O=C([C@H]1CCCO1)N1CCC(n2nc(-c3ccccc3)oc2=O)CC1. The van der Waals surface area contributed by atoms with Gasteiger partial charge in [-0.25, -0.2) is 4.79 Å². The number of ether oxygens (including phenoxy) is 1. The molecular formula is C18H21N3O4. The molecule has 2 aliphatic rings. The first-order valence-corrected chi connectivity index (χ1v) is 8.78. The smallest absolute Gasteiger partial charge is 0.388 e. The molecule has 0 N–H and O–H groups in total. The molecule has 0 unspecified atom stereocenters. The number of hydrogen-bond donors (Lipinski definition) is 0. The van der Waals surface area contributed by atoms with Crippen molar-refractivity contribution >= 4 is 5.91 Å². The summed E-state index contributed by atoms with van der Waals surface area (Å²) in [4.78, 5) is 26.4. The van der Waals surface area contributed by atoms with Crippen molar-refractivity contribution in [1.82, 2.24) is 14.7 Å². The number of amides is 1. The average molecular weight is 343 g/mol. The lowest BCUT2D eigenvalue weighted by Crippen LogP contribution is -2.44. The molecule has 0 aliphatic carbocycles. The van der Waals surface area contributed by atoms with Gasteiger partial charge in [-0.3, -0.25) is 4.79 Å². The summed E-state index contributed by atoms with van der Waals surface area (Å²) in [5.74, 6) is -0.0281. The molecule has 3 heterocycles. The van der Waals surface area contributed by atoms with Crippen LogP contribution in [0, 0.1) is 0 Å². The largest absolute Gasteiger partial charge is 0.437 e. The Bertz CT molecular complexity index is 784. The van der Waals surface area contributed by atoms with E-state index in [0.29, 0.717) is 38.4 Å². The Labute approximate surface area is 145 Å². The van der Waals surface area contributed by atoms with Crippen LogP contribution < -0.4 is 5.76 Å². The Balaban J connectivity index is 1.43. The molecule has 132 valence electrons. The summed E-state index contributed by atoms with van der Waals surface area (Å²) >= 11 is 0. The zero-order valence-electron chi connectivity index (χ0n) is 14.0. The third-order valence-electron chi connectivity index (χ3n) is 4.92. The van der Waals surface area contributed by atoms with E-state index in [-0.39, 0.29) is 18.1 Å². The molecule has 2 aromatic rings. The Morgan fingerprint density at radius 2 is 1.88 bits per heavy atom. The fourth-order valence-corrected chi connectivity index (χ4v) is 3.52. The number of hydrogen-bond acceptors (Lipinski definition) is 5. The van der Waals surface area contributed by atoms with Gasteiger partial charge in [-0.05, 0) is 37.8 Å². The van der Waals surface area contributed by atoms with Gasteiger partial charge in [-0.15, -0.1) is 5.10 Å². The van der Waals surface area contributed by atoms with Crippen molar-refractivity contribution in [1.29, 1.82) is 0 Å². The molecule has 1 aromatic carbocycles. The van der Waals surface area contributed by atoms with Gasteiger partial charge in [-0.1, -0.05) is 18.2 Å². The summed E-state index contributed by atoms with van der Waals surface area (Å²) in [5, 5.41) is 4.36. The highest BCUT2D eigenvalue weighted by molar-refractivity contribution is 5.81. The molecule has 1 atom stereocenters. The molecular weight excluding hydrogens is 322 g/mol. The number of carbonyl (C=O) groups excluding carboxylic acids is 1. The predicted molar refractivity (Wildman–Crippen MR) is 90.0 cm³/mol. The second-order valence-electron chi connectivity index (χ2n) is 6.54. The van der Waals surface area contributed by atoms with Gasteiger partial charge in [0.15, 0.2) is 0 Å². The maximum atomic E-state index is 12.4. The molecule has 7 nitrogen and oxygen atoms in total. The van der Waals surface area contributed by atoms with E-state index in [2.05, 4.69) is 5.10 Å². The average Bonchev–Trinajstić information content (AvgIpc) is 3.32. The number of carbonyl (C=O) groups is 1. The number of piperidine rings is 1. The fraction of sp³-hybridized carbons (Fsp3) is 0.500. The van der Waals surface area contributed by atoms with Crippen molar-refractivity contribution < 1.29 is 13.9 Å². The van der Waals surface area contributed by atoms with Gasteiger partial charge < -0.3 is 14.1 Å². The summed E-state index contributed by atoms with van der Waals surface area (Å²) in [6.45, 7) is 1.90. The number of benzene rings is 1. The molecule has 2 aliphatic heterocycles. The van der Waals surface area contributed by atoms with Crippen molar-refractivity contribution in [2.45, 2.75) is 37.8 Å². The summed E-state index contributed by atoms with van der Waals surface area (Å²) in [7, 11) is 0. The number of likely N-dealkylation sites (tertiary alicyclic amines) is 1. The Hall–Kier alpha value is -2.41. The van der Waals surface area contributed by atoms with E-state index in [9.17, 15) is 9.59 Å². The zero-order valence-corrected chi connectivity index (χ0v) is 14.0. The van der Waals surface area contributed by atoms with Gasteiger partial charge in [0.05, 0.1) is 6.04 Å². The standard InChI is InChI=1S/C18H21N3O4/c22-17(15-7-4-12-24-15)20-10-8-14(9-11-20)21-18(23)25-16(19-21)13-5-2-1-3-6-13/h1-3,5-6,14-15H,4,7-12H2/t15-/m1/s1. The van der Waals surface area contributed by atoms with E-state index >= 15 is 0 Å². The molecule has 0 bridgehead atoms. The van der Waals surface area contributed by atoms with Crippen molar-refractivity contribution in [3.63, 3.8) is 0 Å². The minimum absolute atomic E-state index is 0.0396. The van der Waals surface area contributed by atoms with Crippen LogP contribution in [0.5, 0.6) is 0 Å². The van der Waals surface area contributed by atoms with Crippen molar-refractivity contribution in [2.75, 3.05) is 19.7 Å². The molecule has 7 heteroatoms. The summed E-state index contributed by atoms with van der Waals surface area (Å²) < 4.78 is 12.2. The van der Waals surface area contributed by atoms with Gasteiger partial charge >= 0.3 is 5.76 Å². The van der Waals surface area contributed by atoms with E-state index in [0.717, 1.165) is 18.4 Å². The highest BCUT2D eigenvalue weighted by atomic mass is 16.5. The van der Waals surface area contributed by atoms with Crippen LogP contribution in [0.2, 0.25) is 0 Å². The summed E-state index contributed by atoms with van der Waals surface area (Å²) in [5.41, 5.74) is 0.782. The number of nitrogens with zero attached hydrogens (tertiary/aromatic N) is 3. The molecule has 0 spiro atoms. The van der Waals surface area contributed by atoms with Crippen LogP contribution in [0.15, 0.2) is 39.5 Å². The molecule has 1 aromatic heterocycles. The Morgan fingerprint density at radius 1 is 1.12 bits per heavy atom. The summed E-state index contributed by atoms with van der Waals surface area (Å²) in [6.07, 6.45) is 2.86. The van der Waals surface area contributed by atoms with Crippen LogP contribution >= 0.6 is 0 Å². The lowest BCUT2D eigenvalue weighted by Gasteiger charge is -2.32. The van der Waals surface area contributed by atoms with Gasteiger partial charge in [0.25, 0.3) is 5.91 Å². The topological polar surface area (TPSA) is 77.6 Å². The van der Waals surface area contributed by atoms with Gasteiger partial charge in [0, 0.05) is 25.3 Å². The van der Waals surface area contributed by atoms with Crippen LogP contribution in [0.1, 0.15) is 31.7 Å². The van der Waals surface area contributed by atoms with Gasteiger partial charge in [0.2, 0.25) is 5.89 Å². The van der Waals surface area contributed by atoms with E-state index in [1.165, 1.54) is 4.68 Å². The first-order valence-electron chi connectivity index (χ1n) is 8.78. The van der Waals surface area contributed by atoms with Crippen molar-refractivity contribution in [3.05, 3.63) is 40.9 Å². The second kappa shape index (κ2) is 6.84. The quantitative estimate of drug-likeness (QED) is 0.850. The third kappa shape index (κ3) is 3.24. The van der Waals surface area contributed by atoms with Gasteiger partial charge in [0.1, 0.15) is 6.10 Å². The third-order valence-corrected chi connectivity index (χ3v) is 4.92. The van der Waals surface area contributed by atoms with Crippen molar-refractivity contribution in [3.8, 4) is 11.5 Å². The Morgan fingerprint density at radius 3 is 2.56 bits per heavy atom. The monoisotopic (exact) mass is 343 g/mol. The number of aromatic nitrogens is 2. The minimum atomic E-state index is -0.442. The molecule has 2 saturated heterocycles. The highest BCUT2D eigenvalue weighted by Gasteiger charge is 2.32.